The molecular weight excluding hydrogens is 334 g/mol. The zero-order valence-corrected chi connectivity index (χ0v) is 16.4. The van der Waals surface area contributed by atoms with E-state index in [9.17, 15) is 14.4 Å². The van der Waals surface area contributed by atoms with Crippen LogP contribution in [0, 0.1) is 5.92 Å². The van der Waals surface area contributed by atoms with Crippen molar-refractivity contribution in [3.05, 3.63) is 11.6 Å². The van der Waals surface area contributed by atoms with E-state index in [2.05, 4.69) is 16.0 Å². The standard InChI is InChI=1S/C19H33N3O4/c1-14(15-8-5-6-9-15)12-16(23)20-10-7-11-21-17(24)13-22-18(25)26-19(2,3)4/h12,15H,5-11,13H2,1-4H3,(H,20,23)(H,21,24)(H,22,25)/b14-12+. The molecule has 0 heterocycles. The minimum absolute atomic E-state index is 0.0766. The maximum atomic E-state index is 11.9. The Morgan fingerprint density at radius 2 is 1.65 bits per heavy atom. The summed E-state index contributed by atoms with van der Waals surface area (Å²) >= 11 is 0. The molecule has 26 heavy (non-hydrogen) atoms. The minimum Gasteiger partial charge on any atom is -0.444 e. The number of ether oxygens (including phenoxy) is 1. The smallest absolute Gasteiger partial charge is 0.408 e. The molecule has 0 aliphatic heterocycles. The third kappa shape index (κ3) is 10.1. The third-order valence-corrected chi connectivity index (χ3v) is 4.13. The molecular formula is C19H33N3O4. The SMILES string of the molecule is C/C(=C\C(=O)NCCCNC(=O)CNC(=O)OC(C)(C)C)C1CCCC1. The van der Waals surface area contributed by atoms with Crippen molar-refractivity contribution in [2.24, 2.45) is 5.92 Å². The van der Waals surface area contributed by atoms with Crippen molar-refractivity contribution in [2.45, 2.75) is 65.4 Å². The predicted molar refractivity (Wildman–Crippen MR) is 101 cm³/mol. The topological polar surface area (TPSA) is 96.5 Å². The summed E-state index contributed by atoms with van der Waals surface area (Å²) in [5.41, 5.74) is 0.560. The number of hydrogen-bond donors (Lipinski definition) is 3. The normalized spacial score (nSPS) is 15.5. The lowest BCUT2D eigenvalue weighted by atomic mass is 9.99. The van der Waals surface area contributed by atoms with Gasteiger partial charge in [-0.2, -0.15) is 0 Å². The van der Waals surface area contributed by atoms with Crippen molar-refractivity contribution in [3.8, 4) is 0 Å². The number of amides is 3. The van der Waals surface area contributed by atoms with Crippen molar-refractivity contribution < 1.29 is 19.1 Å². The molecule has 1 aliphatic rings. The van der Waals surface area contributed by atoms with Crippen molar-refractivity contribution in [3.63, 3.8) is 0 Å². The first-order valence-corrected chi connectivity index (χ1v) is 9.37. The van der Waals surface area contributed by atoms with E-state index in [1.54, 1.807) is 26.8 Å². The summed E-state index contributed by atoms with van der Waals surface area (Å²) in [7, 11) is 0. The summed E-state index contributed by atoms with van der Waals surface area (Å²) in [6, 6.07) is 0. The first kappa shape index (κ1) is 22.0. The van der Waals surface area contributed by atoms with Crippen LogP contribution in [0.4, 0.5) is 4.79 Å². The molecule has 0 aromatic carbocycles. The second-order valence-corrected chi connectivity index (χ2v) is 7.72. The lowest BCUT2D eigenvalue weighted by Crippen LogP contribution is -2.40. The van der Waals surface area contributed by atoms with E-state index >= 15 is 0 Å². The second kappa shape index (κ2) is 10.8. The fraction of sp³-hybridized carbons (Fsp3) is 0.737. The molecule has 0 spiro atoms. The first-order chi connectivity index (χ1) is 12.2. The van der Waals surface area contributed by atoms with E-state index in [0.717, 1.165) is 5.57 Å². The fourth-order valence-electron chi connectivity index (χ4n) is 2.81. The molecule has 1 fully saturated rings. The predicted octanol–water partition coefficient (Wildman–Crippen LogP) is 2.27. The first-order valence-electron chi connectivity index (χ1n) is 9.37. The number of allylic oxidation sites excluding steroid dienone is 1. The Morgan fingerprint density at radius 1 is 1.04 bits per heavy atom. The van der Waals surface area contributed by atoms with Crippen LogP contribution >= 0.6 is 0 Å². The van der Waals surface area contributed by atoms with Crippen LogP contribution in [0.5, 0.6) is 0 Å². The van der Waals surface area contributed by atoms with Gasteiger partial charge in [0.1, 0.15) is 5.60 Å². The lowest BCUT2D eigenvalue weighted by molar-refractivity contribution is -0.120. The minimum atomic E-state index is -0.621. The van der Waals surface area contributed by atoms with Gasteiger partial charge in [0.15, 0.2) is 0 Å². The van der Waals surface area contributed by atoms with E-state index in [-0.39, 0.29) is 18.4 Å². The zero-order valence-electron chi connectivity index (χ0n) is 16.4. The van der Waals surface area contributed by atoms with Gasteiger partial charge in [-0.05, 0) is 52.9 Å². The van der Waals surface area contributed by atoms with Crippen molar-refractivity contribution >= 4 is 17.9 Å². The maximum absolute atomic E-state index is 11.9. The molecule has 7 nitrogen and oxygen atoms in total. The molecule has 148 valence electrons. The second-order valence-electron chi connectivity index (χ2n) is 7.72. The van der Waals surface area contributed by atoms with Gasteiger partial charge in [0.25, 0.3) is 0 Å². The molecule has 0 aromatic heterocycles. The summed E-state index contributed by atoms with van der Waals surface area (Å²) in [5.74, 6) is 0.184. The highest BCUT2D eigenvalue weighted by atomic mass is 16.6. The molecule has 3 N–H and O–H groups in total. The van der Waals surface area contributed by atoms with Gasteiger partial charge in [0, 0.05) is 19.2 Å². The maximum Gasteiger partial charge on any atom is 0.408 e. The van der Waals surface area contributed by atoms with Crippen LogP contribution in [0.2, 0.25) is 0 Å². The molecule has 0 unspecified atom stereocenters. The summed E-state index contributed by atoms with van der Waals surface area (Å²) in [6.07, 6.45) is 6.56. The fourth-order valence-corrected chi connectivity index (χ4v) is 2.81. The Labute approximate surface area is 156 Å². The van der Waals surface area contributed by atoms with Crippen LogP contribution in [0.1, 0.15) is 59.8 Å². The molecule has 0 saturated heterocycles. The van der Waals surface area contributed by atoms with Gasteiger partial charge in [0.05, 0.1) is 6.54 Å². The van der Waals surface area contributed by atoms with Crippen LogP contribution in [0.25, 0.3) is 0 Å². The van der Waals surface area contributed by atoms with Gasteiger partial charge in [-0.1, -0.05) is 18.4 Å². The average molecular weight is 367 g/mol. The summed E-state index contributed by atoms with van der Waals surface area (Å²) in [6.45, 7) is 8.08. The van der Waals surface area contributed by atoms with Gasteiger partial charge < -0.3 is 20.7 Å². The highest BCUT2D eigenvalue weighted by molar-refractivity contribution is 5.88. The molecule has 0 atom stereocenters. The van der Waals surface area contributed by atoms with E-state index in [1.807, 2.05) is 6.92 Å². The summed E-state index contributed by atoms with van der Waals surface area (Å²) < 4.78 is 5.04. The van der Waals surface area contributed by atoms with Crippen molar-refractivity contribution in [1.29, 1.82) is 0 Å². The van der Waals surface area contributed by atoms with E-state index in [1.165, 1.54) is 25.7 Å². The zero-order chi connectivity index (χ0) is 19.6. The number of hydrogen-bond acceptors (Lipinski definition) is 4. The number of rotatable bonds is 8. The van der Waals surface area contributed by atoms with Gasteiger partial charge in [-0.25, -0.2) is 4.79 Å². The van der Waals surface area contributed by atoms with Gasteiger partial charge in [-0.15, -0.1) is 0 Å². The summed E-state index contributed by atoms with van der Waals surface area (Å²) in [5, 5.41) is 7.91. The van der Waals surface area contributed by atoms with Gasteiger partial charge in [-0.3, -0.25) is 9.59 Å². The number of alkyl carbamates (subject to hydrolysis) is 1. The Kier molecular flexibility index (Phi) is 9.16. The quantitative estimate of drug-likeness (QED) is 0.453. The van der Waals surface area contributed by atoms with Crippen molar-refractivity contribution in [2.75, 3.05) is 19.6 Å². The molecule has 0 radical (unpaired) electrons. The monoisotopic (exact) mass is 367 g/mol. The number of carbonyl (C=O) groups excluding carboxylic acids is 3. The highest BCUT2D eigenvalue weighted by Gasteiger charge is 2.17. The molecule has 0 aromatic rings. The lowest BCUT2D eigenvalue weighted by Gasteiger charge is -2.19. The molecule has 7 heteroatoms. The third-order valence-electron chi connectivity index (χ3n) is 4.13. The Morgan fingerprint density at radius 3 is 2.27 bits per heavy atom. The van der Waals surface area contributed by atoms with Crippen LogP contribution in [0.15, 0.2) is 11.6 Å². The molecule has 1 saturated carbocycles. The van der Waals surface area contributed by atoms with E-state index in [4.69, 9.17) is 4.74 Å². The highest BCUT2D eigenvalue weighted by Crippen LogP contribution is 2.30. The average Bonchev–Trinajstić information content (AvgIpc) is 3.05. The Bertz CT molecular complexity index is 517. The Balaban J connectivity index is 2.09. The van der Waals surface area contributed by atoms with Gasteiger partial charge >= 0.3 is 6.09 Å². The molecule has 1 rings (SSSR count). The van der Waals surface area contributed by atoms with E-state index < -0.39 is 11.7 Å². The van der Waals surface area contributed by atoms with Crippen LogP contribution in [0.3, 0.4) is 0 Å². The Hall–Kier alpha value is -2.05. The number of nitrogens with one attached hydrogen (secondary N) is 3. The van der Waals surface area contributed by atoms with Crippen molar-refractivity contribution in [1.82, 2.24) is 16.0 Å². The van der Waals surface area contributed by atoms with Crippen LogP contribution < -0.4 is 16.0 Å². The number of carbonyl (C=O) groups is 3. The van der Waals surface area contributed by atoms with Crippen LogP contribution in [-0.4, -0.2) is 43.1 Å². The molecule has 0 bridgehead atoms. The van der Waals surface area contributed by atoms with E-state index in [0.29, 0.717) is 25.4 Å². The molecule has 3 amide bonds. The largest absolute Gasteiger partial charge is 0.444 e. The molecule has 1 aliphatic carbocycles. The van der Waals surface area contributed by atoms with Crippen LogP contribution in [-0.2, 0) is 14.3 Å². The van der Waals surface area contributed by atoms with Gasteiger partial charge in [0.2, 0.25) is 11.8 Å². The summed E-state index contributed by atoms with van der Waals surface area (Å²) in [4.78, 5) is 34.9.